The third-order valence-corrected chi connectivity index (χ3v) is 3.49. The summed E-state index contributed by atoms with van der Waals surface area (Å²) in [5, 5.41) is 9.99. The molecule has 19 heavy (non-hydrogen) atoms. The van der Waals surface area contributed by atoms with E-state index in [4.69, 9.17) is 0 Å². The monoisotopic (exact) mass is 283 g/mol. The average molecular weight is 283 g/mol. The Labute approximate surface area is 118 Å². The normalized spacial score (nSPS) is 12.3. The topological polar surface area (TPSA) is 66.3 Å². The molecule has 1 heterocycles. The highest BCUT2D eigenvalue weighted by atomic mass is 32.2. The molecule has 0 aliphatic heterocycles. The van der Waals surface area contributed by atoms with E-state index in [-0.39, 0.29) is 5.91 Å². The van der Waals surface area contributed by atoms with Crippen LogP contribution in [0.4, 0.5) is 0 Å². The van der Waals surface area contributed by atoms with Crippen LogP contribution >= 0.6 is 11.8 Å². The highest BCUT2D eigenvalue weighted by Crippen LogP contribution is 2.21. The van der Waals surface area contributed by atoms with Crippen LogP contribution in [0.1, 0.15) is 35.2 Å². The number of aliphatic hydroxyl groups excluding tert-OH is 1. The van der Waals surface area contributed by atoms with Crippen molar-refractivity contribution in [2.75, 3.05) is 19.8 Å². The van der Waals surface area contributed by atoms with Crippen molar-refractivity contribution in [3.05, 3.63) is 17.1 Å². The van der Waals surface area contributed by atoms with E-state index in [0.717, 1.165) is 0 Å². The minimum Gasteiger partial charge on any atom is -0.393 e. The second-order valence-corrected chi connectivity index (χ2v) is 5.40. The van der Waals surface area contributed by atoms with E-state index in [1.807, 2.05) is 20.1 Å². The van der Waals surface area contributed by atoms with Crippen molar-refractivity contribution in [2.45, 2.75) is 38.3 Å². The molecular weight excluding hydrogens is 262 g/mol. The van der Waals surface area contributed by atoms with Crippen molar-refractivity contribution in [2.24, 2.45) is 0 Å². The summed E-state index contributed by atoms with van der Waals surface area (Å²) in [5.41, 5.74) is 1.26. The van der Waals surface area contributed by atoms with Crippen LogP contribution in [0.3, 0.4) is 0 Å². The van der Waals surface area contributed by atoms with Crippen molar-refractivity contribution in [3.8, 4) is 0 Å². The lowest BCUT2D eigenvalue weighted by Gasteiger charge is -2.20. The van der Waals surface area contributed by atoms with Gasteiger partial charge in [-0.15, -0.1) is 11.8 Å². The maximum absolute atomic E-state index is 12.4. The molecule has 1 aromatic rings. The summed E-state index contributed by atoms with van der Waals surface area (Å²) in [4.78, 5) is 22.6. The molecule has 0 saturated heterocycles. The van der Waals surface area contributed by atoms with Crippen LogP contribution in [0, 0.1) is 13.8 Å². The molecule has 1 N–H and O–H groups in total. The number of rotatable bonds is 5. The largest absolute Gasteiger partial charge is 0.393 e. The minimum absolute atomic E-state index is 0.0949. The maximum atomic E-state index is 12.4. The Balaban J connectivity index is 2.98. The number of aryl methyl sites for hydroxylation is 2. The summed E-state index contributed by atoms with van der Waals surface area (Å²) < 4.78 is 0. The number of thioether (sulfide) groups is 1. The highest BCUT2D eigenvalue weighted by molar-refractivity contribution is 7.98. The lowest BCUT2D eigenvalue weighted by Crippen LogP contribution is -2.31. The number of carbonyl (C=O) groups excluding carboxylic acids is 1. The summed E-state index contributed by atoms with van der Waals surface area (Å²) in [6.45, 7) is 5.87. The van der Waals surface area contributed by atoms with Crippen LogP contribution in [-0.2, 0) is 0 Å². The Morgan fingerprint density at radius 2 is 2.05 bits per heavy atom. The van der Waals surface area contributed by atoms with E-state index < -0.39 is 6.10 Å². The number of amides is 1. The molecule has 106 valence electrons. The minimum atomic E-state index is -0.411. The number of nitrogens with zero attached hydrogens (tertiary/aromatic N) is 3. The molecule has 1 rings (SSSR count). The molecule has 0 radical (unpaired) electrons. The van der Waals surface area contributed by atoms with Crippen LogP contribution in [0.5, 0.6) is 0 Å². The number of aromatic nitrogens is 2. The van der Waals surface area contributed by atoms with E-state index in [2.05, 4.69) is 9.97 Å². The van der Waals surface area contributed by atoms with Gasteiger partial charge >= 0.3 is 0 Å². The second-order valence-electron chi connectivity index (χ2n) is 4.60. The SMILES string of the molecule is CSc1nc(C)nc(C)c1C(=O)N(C)CCC(C)O. The van der Waals surface area contributed by atoms with Crippen molar-refractivity contribution < 1.29 is 9.90 Å². The Bertz CT molecular complexity index is 463. The van der Waals surface area contributed by atoms with Gasteiger partial charge in [-0.25, -0.2) is 9.97 Å². The van der Waals surface area contributed by atoms with Crippen LogP contribution in [-0.4, -0.2) is 51.8 Å². The Kier molecular flexibility index (Phi) is 5.75. The first kappa shape index (κ1) is 15.9. The Morgan fingerprint density at radius 3 is 2.58 bits per heavy atom. The van der Waals surface area contributed by atoms with E-state index in [9.17, 15) is 9.90 Å². The van der Waals surface area contributed by atoms with Gasteiger partial charge in [-0.05, 0) is 33.4 Å². The first-order valence-electron chi connectivity index (χ1n) is 6.19. The van der Waals surface area contributed by atoms with Crippen LogP contribution in [0.25, 0.3) is 0 Å². The molecule has 1 atom stereocenters. The van der Waals surface area contributed by atoms with Gasteiger partial charge in [0.15, 0.2) is 0 Å². The van der Waals surface area contributed by atoms with Crippen molar-refractivity contribution >= 4 is 17.7 Å². The van der Waals surface area contributed by atoms with Crippen molar-refractivity contribution in [1.82, 2.24) is 14.9 Å². The predicted molar refractivity (Wildman–Crippen MR) is 76.5 cm³/mol. The van der Waals surface area contributed by atoms with Crippen molar-refractivity contribution in [1.29, 1.82) is 0 Å². The molecule has 6 heteroatoms. The molecule has 0 aliphatic rings. The van der Waals surface area contributed by atoms with Crippen LogP contribution in [0.2, 0.25) is 0 Å². The lowest BCUT2D eigenvalue weighted by molar-refractivity contribution is 0.0763. The molecular formula is C13H21N3O2S. The summed E-state index contributed by atoms with van der Waals surface area (Å²) >= 11 is 1.45. The van der Waals surface area contributed by atoms with E-state index >= 15 is 0 Å². The smallest absolute Gasteiger partial charge is 0.258 e. The zero-order chi connectivity index (χ0) is 14.6. The van der Waals surface area contributed by atoms with Crippen LogP contribution in [0.15, 0.2) is 5.03 Å². The van der Waals surface area contributed by atoms with E-state index in [0.29, 0.717) is 35.1 Å². The number of aliphatic hydroxyl groups is 1. The molecule has 5 nitrogen and oxygen atoms in total. The van der Waals surface area contributed by atoms with Gasteiger partial charge in [0, 0.05) is 13.6 Å². The van der Waals surface area contributed by atoms with Gasteiger partial charge in [-0.1, -0.05) is 0 Å². The van der Waals surface area contributed by atoms with Gasteiger partial charge in [-0.3, -0.25) is 4.79 Å². The van der Waals surface area contributed by atoms with Crippen molar-refractivity contribution in [3.63, 3.8) is 0 Å². The molecule has 1 amide bonds. The molecule has 0 aromatic carbocycles. The second kappa shape index (κ2) is 6.86. The van der Waals surface area contributed by atoms with Gasteiger partial charge in [0.25, 0.3) is 5.91 Å². The fourth-order valence-corrected chi connectivity index (χ4v) is 2.41. The third-order valence-electron chi connectivity index (χ3n) is 2.80. The fraction of sp³-hybridized carbons (Fsp3) is 0.615. The fourth-order valence-electron chi connectivity index (χ4n) is 1.75. The molecule has 1 aromatic heterocycles. The molecule has 0 fully saturated rings. The predicted octanol–water partition coefficient (Wildman–Crippen LogP) is 1.66. The lowest BCUT2D eigenvalue weighted by atomic mass is 10.2. The van der Waals surface area contributed by atoms with E-state index in [1.54, 1.807) is 18.9 Å². The molecule has 0 aliphatic carbocycles. The summed E-state index contributed by atoms with van der Waals surface area (Å²) in [6.07, 6.45) is 2.04. The maximum Gasteiger partial charge on any atom is 0.258 e. The Morgan fingerprint density at radius 1 is 1.42 bits per heavy atom. The average Bonchev–Trinajstić information content (AvgIpc) is 2.34. The van der Waals surface area contributed by atoms with Gasteiger partial charge in [-0.2, -0.15) is 0 Å². The zero-order valence-corrected chi connectivity index (χ0v) is 12.9. The standard InChI is InChI=1S/C13H21N3O2S/c1-8(17)6-7-16(4)13(18)11-9(2)14-10(3)15-12(11)19-5/h8,17H,6-7H2,1-5H3. The number of hydrogen-bond acceptors (Lipinski definition) is 5. The van der Waals surface area contributed by atoms with Gasteiger partial charge < -0.3 is 10.0 Å². The molecule has 0 bridgehead atoms. The third kappa shape index (κ3) is 4.18. The molecule has 0 spiro atoms. The van der Waals surface area contributed by atoms with Gasteiger partial charge in [0.1, 0.15) is 10.9 Å². The summed E-state index contributed by atoms with van der Waals surface area (Å²) in [6, 6.07) is 0. The summed E-state index contributed by atoms with van der Waals surface area (Å²) in [5.74, 6) is 0.576. The summed E-state index contributed by atoms with van der Waals surface area (Å²) in [7, 11) is 1.73. The number of hydrogen-bond donors (Lipinski definition) is 1. The number of carbonyl (C=O) groups is 1. The van der Waals surface area contributed by atoms with Gasteiger partial charge in [0.05, 0.1) is 17.4 Å². The molecule has 1 unspecified atom stereocenters. The highest BCUT2D eigenvalue weighted by Gasteiger charge is 2.20. The van der Waals surface area contributed by atoms with Gasteiger partial charge in [0.2, 0.25) is 0 Å². The first-order valence-corrected chi connectivity index (χ1v) is 7.42. The van der Waals surface area contributed by atoms with E-state index in [1.165, 1.54) is 11.8 Å². The molecule has 0 saturated carbocycles. The quantitative estimate of drug-likeness (QED) is 0.657. The van der Waals surface area contributed by atoms with Crippen LogP contribution < -0.4 is 0 Å². The Hall–Kier alpha value is -1.14. The zero-order valence-electron chi connectivity index (χ0n) is 12.1. The first-order chi connectivity index (χ1) is 8.86.